The molecule has 1 saturated carbocycles. The first-order valence-electron chi connectivity index (χ1n) is 7.92. The predicted octanol–water partition coefficient (Wildman–Crippen LogP) is 5.71. The van der Waals surface area contributed by atoms with E-state index < -0.39 is 0 Å². The molecule has 1 aromatic carbocycles. The van der Waals surface area contributed by atoms with Crippen molar-refractivity contribution < 1.29 is 0 Å². The number of hydrogen-bond acceptors (Lipinski definition) is 0. The fourth-order valence-corrected chi connectivity index (χ4v) is 3.44. The van der Waals surface area contributed by atoms with Crippen molar-refractivity contribution in [1.29, 1.82) is 0 Å². The predicted molar refractivity (Wildman–Crippen MR) is 80.0 cm³/mol. The van der Waals surface area contributed by atoms with E-state index in [1.165, 1.54) is 56.9 Å². The van der Waals surface area contributed by atoms with Gasteiger partial charge in [0.2, 0.25) is 0 Å². The van der Waals surface area contributed by atoms with Gasteiger partial charge in [-0.1, -0.05) is 57.4 Å². The maximum atomic E-state index is 2.38. The third-order valence-electron chi connectivity index (χ3n) is 4.53. The van der Waals surface area contributed by atoms with Crippen LogP contribution in [-0.2, 0) is 6.42 Å². The molecular formula is C18H28. The molecule has 0 unspecified atom stereocenters. The molecule has 0 bridgehead atoms. The number of hydrogen-bond donors (Lipinski definition) is 0. The second kappa shape index (κ2) is 6.97. The second-order valence-corrected chi connectivity index (χ2v) is 6.00. The Morgan fingerprint density at radius 2 is 1.56 bits per heavy atom. The molecule has 0 radical (unpaired) electrons. The quantitative estimate of drug-likeness (QED) is 0.622. The fraction of sp³-hybridized carbons (Fsp3) is 0.667. The molecule has 0 N–H and O–H groups in total. The van der Waals surface area contributed by atoms with E-state index in [0.29, 0.717) is 0 Å². The van der Waals surface area contributed by atoms with E-state index in [-0.39, 0.29) is 0 Å². The van der Waals surface area contributed by atoms with Gasteiger partial charge in [0.15, 0.2) is 0 Å². The number of aryl methyl sites for hydroxylation is 1. The van der Waals surface area contributed by atoms with E-state index in [2.05, 4.69) is 38.1 Å². The molecule has 100 valence electrons. The zero-order valence-electron chi connectivity index (χ0n) is 12.1. The van der Waals surface area contributed by atoms with Gasteiger partial charge in [-0.3, -0.25) is 0 Å². The minimum Gasteiger partial charge on any atom is -0.0654 e. The summed E-state index contributed by atoms with van der Waals surface area (Å²) in [5, 5.41) is 0. The molecule has 0 heteroatoms. The van der Waals surface area contributed by atoms with Gasteiger partial charge in [0.1, 0.15) is 0 Å². The molecule has 1 fully saturated rings. The van der Waals surface area contributed by atoms with Gasteiger partial charge in [0.05, 0.1) is 0 Å². The Kier molecular flexibility index (Phi) is 5.28. The summed E-state index contributed by atoms with van der Waals surface area (Å²) < 4.78 is 0. The van der Waals surface area contributed by atoms with Crippen LogP contribution in [-0.4, -0.2) is 0 Å². The van der Waals surface area contributed by atoms with Crippen molar-refractivity contribution in [3.8, 4) is 0 Å². The van der Waals surface area contributed by atoms with Crippen molar-refractivity contribution in [2.45, 2.75) is 71.1 Å². The Morgan fingerprint density at radius 1 is 0.889 bits per heavy atom. The van der Waals surface area contributed by atoms with Gasteiger partial charge in [0, 0.05) is 0 Å². The maximum Gasteiger partial charge on any atom is -0.0162 e. The van der Waals surface area contributed by atoms with Crippen LogP contribution in [0, 0.1) is 5.92 Å². The normalized spacial score (nSPS) is 24.1. The van der Waals surface area contributed by atoms with Crippen LogP contribution in [0.4, 0.5) is 0 Å². The summed E-state index contributed by atoms with van der Waals surface area (Å²) in [6.07, 6.45) is 11.0. The molecule has 0 atom stereocenters. The van der Waals surface area contributed by atoms with Gasteiger partial charge < -0.3 is 0 Å². The zero-order chi connectivity index (χ0) is 12.8. The molecule has 2 rings (SSSR count). The first kappa shape index (κ1) is 13.6. The Hall–Kier alpha value is -0.780. The molecule has 0 nitrogen and oxygen atoms in total. The van der Waals surface area contributed by atoms with Crippen LogP contribution >= 0.6 is 0 Å². The Labute approximate surface area is 113 Å². The van der Waals surface area contributed by atoms with Crippen LogP contribution in [0.5, 0.6) is 0 Å². The van der Waals surface area contributed by atoms with Crippen LogP contribution in [0.3, 0.4) is 0 Å². The Balaban J connectivity index is 1.89. The highest BCUT2D eigenvalue weighted by molar-refractivity contribution is 5.25. The largest absolute Gasteiger partial charge is 0.0654 e. The molecule has 0 spiro atoms. The van der Waals surface area contributed by atoms with Gasteiger partial charge in [-0.2, -0.15) is 0 Å². The molecule has 0 aliphatic heterocycles. The van der Waals surface area contributed by atoms with E-state index in [9.17, 15) is 0 Å². The van der Waals surface area contributed by atoms with Crippen LogP contribution in [0.1, 0.15) is 75.8 Å². The first-order valence-corrected chi connectivity index (χ1v) is 7.92. The van der Waals surface area contributed by atoms with Crippen LogP contribution in [0.15, 0.2) is 24.3 Å². The first-order chi connectivity index (χ1) is 8.83. The van der Waals surface area contributed by atoms with Crippen LogP contribution < -0.4 is 0 Å². The van der Waals surface area contributed by atoms with Crippen LogP contribution in [0.2, 0.25) is 0 Å². The highest BCUT2D eigenvalue weighted by Crippen LogP contribution is 2.37. The van der Waals surface area contributed by atoms with Crippen molar-refractivity contribution >= 4 is 0 Å². The lowest BCUT2D eigenvalue weighted by Crippen LogP contribution is -2.13. The highest BCUT2D eigenvalue weighted by atomic mass is 14.3. The van der Waals surface area contributed by atoms with E-state index in [1.807, 2.05) is 0 Å². The lowest BCUT2D eigenvalue weighted by molar-refractivity contribution is 0.308. The minimum atomic E-state index is 0.841. The molecule has 18 heavy (non-hydrogen) atoms. The van der Waals surface area contributed by atoms with Crippen LogP contribution in [0.25, 0.3) is 0 Å². The molecular weight excluding hydrogens is 216 g/mol. The maximum absolute atomic E-state index is 2.38. The lowest BCUT2D eigenvalue weighted by Gasteiger charge is -2.28. The molecule has 0 aromatic heterocycles. The molecule has 1 aliphatic carbocycles. The molecule has 0 saturated heterocycles. The summed E-state index contributed by atoms with van der Waals surface area (Å²) >= 11 is 0. The average molecular weight is 244 g/mol. The van der Waals surface area contributed by atoms with Crippen molar-refractivity contribution in [2.75, 3.05) is 0 Å². The average Bonchev–Trinajstić information content (AvgIpc) is 2.41. The summed E-state index contributed by atoms with van der Waals surface area (Å²) in [6.45, 7) is 4.57. The third-order valence-corrected chi connectivity index (χ3v) is 4.53. The topological polar surface area (TPSA) is 0 Å². The molecule has 1 aromatic rings. The number of rotatable bonds is 5. The van der Waals surface area contributed by atoms with E-state index in [1.54, 1.807) is 5.56 Å². The van der Waals surface area contributed by atoms with Gasteiger partial charge in [-0.15, -0.1) is 0 Å². The highest BCUT2D eigenvalue weighted by Gasteiger charge is 2.21. The van der Waals surface area contributed by atoms with Crippen molar-refractivity contribution in [1.82, 2.24) is 0 Å². The summed E-state index contributed by atoms with van der Waals surface area (Å²) in [6, 6.07) is 9.46. The van der Waals surface area contributed by atoms with Gasteiger partial charge in [-0.05, 0) is 55.1 Å². The summed E-state index contributed by atoms with van der Waals surface area (Å²) in [4.78, 5) is 0. The minimum absolute atomic E-state index is 0.841. The van der Waals surface area contributed by atoms with Gasteiger partial charge in [0.25, 0.3) is 0 Å². The monoisotopic (exact) mass is 244 g/mol. The van der Waals surface area contributed by atoms with E-state index >= 15 is 0 Å². The summed E-state index contributed by atoms with van der Waals surface area (Å²) in [7, 11) is 0. The fourth-order valence-electron chi connectivity index (χ4n) is 3.44. The van der Waals surface area contributed by atoms with E-state index in [4.69, 9.17) is 0 Å². The third kappa shape index (κ3) is 3.60. The summed E-state index contributed by atoms with van der Waals surface area (Å²) in [5.41, 5.74) is 3.09. The van der Waals surface area contributed by atoms with Gasteiger partial charge in [-0.25, -0.2) is 0 Å². The molecule has 0 heterocycles. The Morgan fingerprint density at radius 3 is 2.11 bits per heavy atom. The van der Waals surface area contributed by atoms with Gasteiger partial charge >= 0.3 is 0 Å². The van der Waals surface area contributed by atoms with E-state index in [0.717, 1.165) is 11.8 Å². The smallest absolute Gasteiger partial charge is 0.0162 e. The van der Waals surface area contributed by atoms with Crippen molar-refractivity contribution in [3.05, 3.63) is 35.4 Å². The zero-order valence-corrected chi connectivity index (χ0v) is 12.1. The summed E-state index contributed by atoms with van der Waals surface area (Å²) in [5.74, 6) is 1.86. The second-order valence-electron chi connectivity index (χ2n) is 6.00. The lowest BCUT2D eigenvalue weighted by atomic mass is 9.77. The number of benzene rings is 1. The Bertz CT molecular complexity index is 328. The van der Waals surface area contributed by atoms with Crippen molar-refractivity contribution in [3.63, 3.8) is 0 Å². The standard InChI is InChI=1S/C18H28/c1-3-5-15-7-11-17(12-8-15)18-13-9-16(6-4-2)10-14-18/h7-8,11-12,16,18H,3-6,9-10,13-14H2,1-2H3/t16-,18-. The molecule has 0 amide bonds. The SMILES string of the molecule is CCCc1ccc([C@H]2CC[C@H](CCC)CC2)cc1. The van der Waals surface area contributed by atoms with Crippen molar-refractivity contribution in [2.24, 2.45) is 5.92 Å². The molecule has 1 aliphatic rings.